The predicted molar refractivity (Wildman–Crippen MR) is 113 cm³/mol. The molecule has 1 aromatic carbocycles. The van der Waals surface area contributed by atoms with E-state index in [2.05, 4.69) is 15.2 Å². The summed E-state index contributed by atoms with van der Waals surface area (Å²) in [4.78, 5) is 19.6. The minimum absolute atomic E-state index is 0.0499. The first-order chi connectivity index (χ1) is 14.2. The van der Waals surface area contributed by atoms with E-state index in [9.17, 15) is 4.79 Å². The lowest BCUT2D eigenvalue weighted by molar-refractivity contribution is 0.0910. The van der Waals surface area contributed by atoms with Gasteiger partial charge < -0.3 is 14.5 Å². The van der Waals surface area contributed by atoms with Crippen molar-refractivity contribution in [3.8, 4) is 16.3 Å². The van der Waals surface area contributed by atoms with Crippen LogP contribution in [0.3, 0.4) is 0 Å². The van der Waals surface area contributed by atoms with Gasteiger partial charge in [0.15, 0.2) is 0 Å². The molecule has 0 aliphatic carbocycles. The monoisotopic (exact) mass is 411 g/mol. The van der Waals surface area contributed by atoms with Gasteiger partial charge in [-0.3, -0.25) is 9.69 Å². The molecule has 0 spiro atoms. The van der Waals surface area contributed by atoms with Crippen LogP contribution < -0.4 is 10.1 Å². The SMILES string of the molecule is COc1ccc(-c2nc(C(=O)NCC(c3ccco3)N3CCCCC3)cs2)cc1. The maximum atomic E-state index is 12.7. The Morgan fingerprint density at radius 2 is 2.03 bits per heavy atom. The lowest BCUT2D eigenvalue weighted by atomic mass is 10.1. The van der Waals surface area contributed by atoms with E-state index >= 15 is 0 Å². The smallest absolute Gasteiger partial charge is 0.270 e. The molecule has 2 aromatic heterocycles. The Balaban J connectivity index is 1.42. The van der Waals surface area contributed by atoms with Crippen LogP contribution in [-0.4, -0.2) is 42.5 Å². The molecule has 1 aliphatic rings. The molecule has 152 valence electrons. The number of carbonyl (C=O) groups excluding carboxylic acids is 1. The Labute approximate surface area is 174 Å². The zero-order valence-electron chi connectivity index (χ0n) is 16.5. The molecule has 1 fully saturated rings. The van der Waals surface area contributed by atoms with E-state index in [1.807, 2.05) is 36.4 Å². The Morgan fingerprint density at radius 3 is 2.72 bits per heavy atom. The van der Waals surface area contributed by atoms with Gasteiger partial charge in [-0.2, -0.15) is 0 Å². The second kappa shape index (κ2) is 9.24. The van der Waals surface area contributed by atoms with E-state index in [1.54, 1.807) is 18.8 Å². The minimum Gasteiger partial charge on any atom is -0.497 e. The van der Waals surface area contributed by atoms with Crippen molar-refractivity contribution in [1.82, 2.24) is 15.2 Å². The van der Waals surface area contributed by atoms with Crippen LogP contribution in [0.5, 0.6) is 5.75 Å². The summed E-state index contributed by atoms with van der Waals surface area (Å²) in [7, 11) is 1.64. The fourth-order valence-electron chi connectivity index (χ4n) is 3.64. The van der Waals surface area contributed by atoms with Crippen LogP contribution in [0, 0.1) is 0 Å². The molecule has 6 nitrogen and oxygen atoms in total. The lowest BCUT2D eigenvalue weighted by Crippen LogP contribution is -2.40. The maximum absolute atomic E-state index is 12.7. The van der Waals surface area contributed by atoms with Crippen molar-refractivity contribution < 1.29 is 13.9 Å². The number of furan rings is 1. The summed E-state index contributed by atoms with van der Waals surface area (Å²) in [5.41, 5.74) is 1.41. The van der Waals surface area contributed by atoms with Crippen LogP contribution in [0.25, 0.3) is 10.6 Å². The van der Waals surface area contributed by atoms with Crippen LogP contribution in [0.15, 0.2) is 52.5 Å². The van der Waals surface area contributed by atoms with Gasteiger partial charge in [-0.05, 0) is 62.3 Å². The normalized spacial score (nSPS) is 15.8. The summed E-state index contributed by atoms with van der Waals surface area (Å²) in [6.07, 6.45) is 5.32. The number of hydrogen-bond acceptors (Lipinski definition) is 6. The van der Waals surface area contributed by atoms with Crippen molar-refractivity contribution in [1.29, 1.82) is 0 Å². The molecule has 1 amide bonds. The van der Waals surface area contributed by atoms with Gasteiger partial charge in [0.2, 0.25) is 0 Å². The molecule has 0 radical (unpaired) electrons. The van der Waals surface area contributed by atoms with Gasteiger partial charge in [-0.15, -0.1) is 11.3 Å². The number of hydrogen-bond donors (Lipinski definition) is 1. The molecular weight excluding hydrogens is 386 g/mol. The predicted octanol–water partition coefficient (Wildman–Crippen LogP) is 4.37. The van der Waals surface area contributed by atoms with Crippen molar-refractivity contribution >= 4 is 17.2 Å². The van der Waals surface area contributed by atoms with Gasteiger partial charge in [0.25, 0.3) is 5.91 Å². The molecule has 3 aromatic rings. The fourth-order valence-corrected chi connectivity index (χ4v) is 4.45. The zero-order chi connectivity index (χ0) is 20.1. The molecule has 7 heteroatoms. The summed E-state index contributed by atoms with van der Waals surface area (Å²) < 4.78 is 10.8. The molecule has 29 heavy (non-hydrogen) atoms. The molecule has 3 heterocycles. The van der Waals surface area contributed by atoms with E-state index in [0.29, 0.717) is 12.2 Å². The first-order valence-electron chi connectivity index (χ1n) is 9.90. The molecule has 4 rings (SSSR count). The highest BCUT2D eigenvalue weighted by Gasteiger charge is 2.25. The number of nitrogens with one attached hydrogen (secondary N) is 1. The van der Waals surface area contributed by atoms with Crippen molar-refractivity contribution in [3.05, 3.63) is 59.5 Å². The van der Waals surface area contributed by atoms with Gasteiger partial charge in [0, 0.05) is 17.5 Å². The van der Waals surface area contributed by atoms with Crippen molar-refractivity contribution in [2.75, 3.05) is 26.7 Å². The summed E-state index contributed by atoms with van der Waals surface area (Å²) in [6.45, 7) is 2.56. The lowest BCUT2D eigenvalue weighted by Gasteiger charge is -2.33. The third-order valence-corrected chi connectivity index (χ3v) is 6.12. The number of benzene rings is 1. The Hall–Kier alpha value is -2.64. The number of ether oxygens (including phenoxy) is 1. The molecule has 1 saturated heterocycles. The van der Waals surface area contributed by atoms with Gasteiger partial charge in [-0.25, -0.2) is 4.98 Å². The topological polar surface area (TPSA) is 67.6 Å². The number of rotatable bonds is 7. The number of nitrogens with zero attached hydrogens (tertiary/aromatic N) is 2. The fraction of sp³-hybridized carbons (Fsp3) is 0.364. The van der Waals surface area contributed by atoms with Gasteiger partial charge >= 0.3 is 0 Å². The second-order valence-electron chi connectivity index (χ2n) is 7.10. The minimum atomic E-state index is -0.158. The van der Waals surface area contributed by atoms with Crippen LogP contribution in [-0.2, 0) is 0 Å². The quantitative estimate of drug-likeness (QED) is 0.625. The van der Waals surface area contributed by atoms with Crippen LogP contribution >= 0.6 is 11.3 Å². The van der Waals surface area contributed by atoms with Gasteiger partial charge in [0.1, 0.15) is 22.2 Å². The van der Waals surface area contributed by atoms with Crippen LogP contribution in [0.1, 0.15) is 41.6 Å². The number of piperidine rings is 1. The highest BCUT2D eigenvalue weighted by molar-refractivity contribution is 7.13. The number of thiazole rings is 1. The van der Waals surface area contributed by atoms with E-state index in [-0.39, 0.29) is 11.9 Å². The van der Waals surface area contributed by atoms with Crippen molar-refractivity contribution in [3.63, 3.8) is 0 Å². The number of methoxy groups -OCH3 is 1. The number of aromatic nitrogens is 1. The molecule has 0 saturated carbocycles. The van der Waals surface area contributed by atoms with E-state index in [1.165, 1.54) is 30.6 Å². The highest BCUT2D eigenvalue weighted by Crippen LogP contribution is 2.27. The Kier molecular flexibility index (Phi) is 6.27. The average Bonchev–Trinajstić information content (AvgIpc) is 3.47. The standard InChI is InChI=1S/C22H25N3O3S/c1-27-17-9-7-16(8-10-17)22-24-18(15-29-22)21(26)23-14-19(20-6-5-13-28-20)25-11-3-2-4-12-25/h5-10,13,15,19H,2-4,11-12,14H2,1H3,(H,23,26). The third kappa shape index (κ3) is 4.68. The highest BCUT2D eigenvalue weighted by atomic mass is 32.1. The molecule has 0 bridgehead atoms. The summed E-state index contributed by atoms with van der Waals surface area (Å²) in [6, 6.07) is 11.6. The van der Waals surface area contributed by atoms with E-state index < -0.39 is 0 Å². The van der Waals surface area contributed by atoms with Crippen LogP contribution in [0.2, 0.25) is 0 Å². The summed E-state index contributed by atoms with van der Waals surface area (Å²) in [5, 5.41) is 5.67. The molecule has 1 atom stereocenters. The first kappa shape index (κ1) is 19.7. The number of likely N-dealkylation sites (tertiary alicyclic amines) is 1. The molecular formula is C22H25N3O3S. The Morgan fingerprint density at radius 1 is 1.24 bits per heavy atom. The molecule has 1 aliphatic heterocycles. The average molecular weight is 412 g/mol. The van der Waals surface area contributed by atoms with Crippen molar-refractivity contribution in [2.45, 2.75) is 25.3 Å². The maximum Gasteiger partial charge on any atom is 0.270 e. The summed E-state index contributed by atoms with van der Waals surface area (Å²) in [5.74, 6) is 1.53. The number of amides is 1. The second-order valence-corrected chi connectivity index (χ2v) is 7.96. The molecule has 1 unspecified atom stereocenters. The first-order valence-corrected chi connectivity index (χ1v) is 10.8. The molecule has 1 N–H and O–H groups in total. The van der Waals surface area contributed by atoms with Crippen molar-refractivity contribution in [2.24, 2.45) is 0 Å². The Bertz CT molecular complexity index is 915. The zero-order valence-corrected chi connectivity index (χ0v) is 17.3. The third-order valence-electron chi connectivity index (χ3n) is 5.23. The summed E-state index contributed by atoms with van der Waals surface area (Å²) >= 11 is 1.46. The number of carbonyl (C=O) groups is 1. The van der Waals surface area contributed by atoms with Crippen LogP contribution in [0.4, 0.5) is 0 Å². The van der Waals surface area contributed by atoms with E-state index in [4.69, 9.17) is 9.15 Å². The largest absolute Gasteiger partial charge is 0.497 e. The van der Waals surface area contributed by atoms with Gasteiger partial charge in [-0.1, -0.05) is 6.42 Å². The van der Waals surface area contributed by atoms with Gasteiger partial charge in [0.05, 0.1) is 19.4 Å². The van der Waals surface area contributed by atoms with E-state index in [0.717, 1.165) is 35.2 Å².